The second kappa shape index (κ2) is 5.31. The minimum Gasteiger partial charge on any atom is -0.385 e. The predicted octanol–water partition coefficient (Wildman–Crippen LogP) is 3.26. The summed E-state index contributed by atoms with van der Waals surface area (Å²) in [5.74, 6) is -0.230. The molecule has 1 heterocycles. The SMILES string of the molecule is CCNc1cc(COC)nc2cc(F)c(C)cc12. The number of aryl methyl sites for hydroxylation is 1. The highest BCUT2D eigenvalue weighted by molar-refractivity contribution is 5.92. The Balaban J connectivity index is 2.64. The molecule has 18 heavy (non-hydrogen) atoms. The van der Waals surface area contributed by atoms with Crippen molar-refractivity contribution in [3.63, 3.8) is 0 Å². The highest BCUT2D eigenvalue weighted by Crippen LogP contribution is 2.26. The van der Waals surface area contributed by atoms with Gasteiger partial charge >= 0.3 is 0 Å². The van der Waals surface area contributed by atoms with Crippen molar-refractivity contribution < 1.29 is 9.13 Å². The zero-order valence-corrected chi connectivity index (χ0v) is 10.9. The Bertz CT molecular complexity index is 569. The number of nitrogens with zero attached hydrogens (tertiary/aromatic N) is 1. The number of pyridine rings is 1. The van der Waals surface area contributed by atoms with Crippen molar-refractivity contribution in [3.05, 3.63) is 35.3 Å². The fourth-order valence-corrected chi connectivity index (χ4v) is 1.97. The maximum absolute atomic E-state index is 13.6. The first kappa shape index (κ1) is 12.8. The molecular formula is C14H17FN2O. The Morgan fingerprint density at radius 3 is 2.78 bits per heavy atom. The van der Waals surface area contributed by atoms with Gasteiger partial charge in [-0.1, -0.05) is 0 Å². The van der Waals surface area contributed by atoms with Crippen LogP contribution in [-0.4, -0.2) is 18.6 Å². The zero-order valence-electron chi connectivity index (χ0n) is 10.9. The molecule has 0 aliphatic rings. The molecule has 0 radical (unpaired) electrons. The van der Waals surface area contributed by atoms with Gasteiger partial charge in [-0.15, -0.1) is 0 Å². The molecule has 1 aromatic carbocycles. The van der Waals surface area contributed by atoms with E-state index in [9.17, 15) is 4.39 Å². The summed E-state index contributed by atoms with van der Waals surface area (Å²) < 4.78 is 18.7. The Labute approximate surface area is 106 Å². The second-order valence-corrected chi connectivity index (χ2v) is 4.24. The Hall–Kier alpha value is -1.68. The molecule has 0 fully saturated rings. The Morgan fingerprint density at radius 2 is 2.11 bits per heavy atom. The van der Waals surface area contributed by atoms with E-state index in [0.29, 0.717) is 17.7 Å². The van der Waals surface area contributed by atoms with Gasteiger partial charge in [0.2, 0.25) is 0 Å². The van der Waals surface area contributed by atoms with Crippen molar-refractivity contribution >= 4 is 16.6 Å². The van der Waals surface area contributed by atoms with Crippen molar-refractivity contribution in [2.75, 3.05) is 19.0 Å². The van der Waals surface area contributed by atoms with E-state index in [1.807, 2.05) is 19.1 Å². The molecule has 0 atom stereocenters. The van der Waals surface area contributed by atoms with E-state index in [1.54, 1.807) is 14.0 Å². The van der Waals surface area contributed by atoms with Gasteiger partial charge in [0.05, 0.1) is 17.8 Å². The number of ether oxygens (including phenoxy) is 1. The molecule has 2 aromatic rings. The summed E-state index contributed by atoms with van der Waals surface area (Å²) >= 11 is 0. The third-order valence-electron chi connectivity index (χ3n) is 2.80. The summed E-state index contributed by atoms with van der Waals surface area (Å²) in [5.41, 5.74) is 3.05. The van der Waals surface area contributed by atoms with Gasteiger partial charge in [-0.2, -0.15) is 0 Å². The van der Waals surface area contributed by atoms with Gasteiger partial charge < -0.3 is 10.1 Å². The van der Waals surface area contributed by atoms with Crippen LogP contribution in [0.4, 0.5) is 10.1 Å². The van der Waals surface area contributed by atoms with Crippen LogP contribution in [0.3, 0.4) is 0 Å². The lowest BCUT2D eigenvalue weighted by Gasteiger charge is -2.11. The fraction of sp³-hybridized carbons (Fsp3) is 0.357. The van der Waals surface area contributed by atoms with Crippen molar-refractivity contribution in [1.82, 2.24) is 4.98 Å². The monoisotopic (exact) mass is 248 g/mol. The van der Waals surface area contributed by atoms with E-state index in [-0.39, 0.29) is 5.82 Å². The van der Waals surface area contributed by atoms with Gasteiger partial charge in [0.15, 0.2) is 0 Å². The average Bonchev–Trinajstić information content (AvgIpc) is 2.32. The van der Waals surface area contributed by atoms with Crippen LogP contribution in [0.15, 0.2) is 18.2 Å². The van der Waals surface area contributed by atoms with E-state index in [2.05, 4.69) is 10.3 Å². The molecule has 2 rings (SSSR count). The maximum Gasteiger partial charge on any atom is 0.128 e. The molecule has 1 aromatic heterocycles. The summed E-state index contributed by atoms with van der Waals surface area (Å²) in [6, 6.07) is 5.25. The van der Waals surface area contributed by atoms with Crippen LogP contribution in [0.2, 0.25) is 0 Å². The van der Waals surface area contributed by atoms with Crippen LogP contribution < -0.4 is 5.32 Å². The molecule has 0 amide bonds. The lowest BCUT2D eigenvalue weighted by Crippen LogP contribution is -2.02. The predicted molar refractivity (Wildman–Crippen MR) is 71.3 cm³/mol. The maximum atomic E-state index is 13.6. The minimum atomic E-state index is -0.230. The van der Waals surface area contributed by atoms with E-state index in [1.165, 1.54) is 6.07 Å². The number of rotatable bonds is 4. The smallest absolute Gasteiger partial charge is 0.128 e. The molecule has 0 saturated heterocycles. The molecule has 3 nitrogen and oxygen atoms in total. The average molecular weight is 248 g/mol. The van der Waals surface area contributed by atoms with Crippen LogP contribution in [-0.2, 0) is 11.3 Å². The van der Waals surface area contributed by atoms with E-state index < -0.39 is 0 Å². The van der Waals surface area contributed by atoms with Crippen LogP contribution in [0.1, 0.15) is 18.2 Å². The molecular weight excluding hydrogens is 231 g/mol. The van der Waals surface area contributed by atoms with Crippen molar-refractivity contribution in [3.8, 4) is 0 Å². The molecule has 0 aliphatic carbocycles. The van der Waals surface area contributed by atoms with Gasteiger partial charge in [-0.3, -0.25) is 4.98 Å². The van der Waals surface area contributed by atoms with Crippen molar-refractivity contribution in [2.45, 2.75) is 20.5 Å². The first-order valence-electron chi connectivity index (χ1n) is 5.98. The largest absolute Gasteiger partial charge is 0.385 e. The van der Waals surface area contributed by atoms with E-state index in [0.717, 1.165) is 23.3 Å². The van der Waals surface area contributed by atoms with Crippen LogP contribution in [0, 0.1) is 12.7 Å². The standard InChI is InChI=1S/C14H17FN2O/c1-4-16-13-6-10(8-18-3)17-14-7-12(15)9(2)5-11(13)14/h5-7H,4,8H2,1-3H3,(H,16,17). The lowest BCUT2D eigenvalue weighted by atomic mass is 10.1. The number of halogens is 1. The summed E-state index contributed by atoms with van der Waals surface area (Å²) in [7, 11) is 1.62. The van der Waals surface area contributed by atoms with Crippen LogP contribution >= 0.6 is 0 Å². The molecule has 96 valence electrons. The highest BCUT2D eigenvalue weighted by atomic mass is 19.1. The number of benzene rings is 1. The lowest BCUT2D eigenvalue weighted by molar-refractivity contribution is 0.182. The van der Waals surface area contributed by atoms with Gasteiger partial charge in [0.1, 0.15) is 5.82 Å². The van der Waals surface area contributed by atoms with Crippen molar-refractivity contribution in [2.24, 2.45) is 0 Å². The van der Waals surface area contributed by atoms with Gasteiger partial charge in [-0.25, -0.2) is 4.39 Å². The van der Waals surface area contributed by atoms with Crippen molar-refractivity contribution in [1.29, 1.82) is 0 Å². The number of hydrogen-bond donors (Lipinski definition) is 1. The zero-order chi connectivity index (χ0) is 13.1. The third-order valence-corrected chi connectivity index (χ3v) is 2.80. The number of anilines is 1. The Morgan fingerprint density at radius 1 is 1.33 bits per heavy atom. The first-order valence-corrected chi connectivity index (χ1v) is 5.98. The molecule has 0 saturated carbocycles. The molecule has 1 N–H and O–H groups in total. The second-order valence-electron chi connectivity index (χ2n) is 4.24. The minimum absolute atomic E-state index is 0.230. The number of hydrogen-bond acceptors (Lipinski definition) is 3. The van der Waals surface area contributed by atoms with Gasteiger partial charge in [0.25, 0.3) is 0 Å². The topological polar surface area (TPSA) is 34.1 Å². The summed E-state index contributed by atoms with van der Waals surface area (Å²) in [4.78, 5) is 4.40. The first-order chi connectivity index (χ1) is 8.65. The summed E-state index contributed by atoms with van der Waals surface area (Å²) in [6.07, 6.45) is 0. The van der Waals surface area contributed by atoms with Gasteiger partial charge in [-0.05, 0) is 31.5 Å². The Kier molecular flexibility index (Phi) is 3.77. The fourth-order valence-electron chi connectivity index (χ4n) is 1.97. The number of methoxy groups -OCH3 is 1. The van der Waals surface area contributed by atoms with E-state index in [4.69, 9.17) is 4.74 Å². The summed E-state index contributed by atoms with van der Waals surface area (Å²) in [6.45, 7) is 5.01. The molecule has 0 bridgehead atoms. The highest BCUT2D eigenvalue weighted by Gasteiger charge is 2.08. The molecule has 0 aliphatic heterocycles. The molecule has 0 unspecified atom stereocenters. The normalized spacial score (nSPS) is 10.9. The number of nitrogens with one attached hydrogen (secondary N) is 1. The van der Waals surface area contributed by atoms with Crippen LogP contribution in [0.5, 0.6) is 0 Å². The number of aromatic nitrogens is 1. The third kappa shape index (κ3) is 2.43. The molecule has 4 heteroatoms. The molecule has 0 spiro atoms. The van der Waals surface area contributed by atoms with E-state index >= 15 is 0 Å². The van der Waals surface area contributed by atoms with Gasteiger partial charge in [0, 0.05) is 30.8 Å². The quantitative estimate of drug-likeness (QED) is 0.901. The van der Waals surface area contributed by atoms with Crippen LogP contribution in [0.25, 0.3) is 10.9 Å². The summed E-state index contributed by atoms with van der Waals surface area (Å²) in [5, 5.41) is 4.22. The number of fused-ring (bicyclic) bond motifs is 1.